The topological polar surface area (TPSA) is 32.3 Å². The highest BCUT2D eigenvalue weighted by Gasteiger charge is 1.98. The van der Waals surface area contributed by atoms with Gasteiger partial charge in [0, 0.05) is 0 Å². The van der Waals surface area contributed by atoms with Crippen LogP contribution in [0, 0.1) is 5.92 Å². The van der Waals surface area contributed by atoms with E-state index in [4.69, 9.17) is 5.11 Å². The molecule has 0 spiro atoms. The predicted octanol–water partition coefficient (Wildman–Crippen LogP) is 1.35. The molecule has 0 bridgehead atoms. The Morgan fingerprint density at radius 3 is 2.60 bits per heavy atom. The lowest BCUT2D eigenvalue weighted by atomic mass is 10.0. The molecular formula is C8H19NO. The number of nitrogens with one attached hydrogen (secondary N) is 1. The quantitative estimate of drug-likeness (QED) is 0.437. The van der Waals surface area contributed by atoms with Gasteiger partial charge in [-0.15, -0.1) is 0 Å². The van der Waals surface area contributed by atoms with Gasteiger partial charge in [-0.3, -0.25) is 5.32 Å². The molecule has 0 aromatic heterocycles. The van der Waals surface area contributed by atoms with E-state index >= 15 is 0 Å². The van der Waals surface area contributed by atoms with Crippen LogP contribution in [0.15, 0.2) is 0 Å². The summed E-state index contributed by atoms with van der Waals surface area (Å²) in [7, 11) is 0. The first-order chi connectivity index (χ1) is 4.81. The SMILES string of the molecule is CCC[C@@H](C)CCNCO. The van der Waals surface area contributed by atoms with E-state index in [1.165, 1.54) is 19.3 Å². The van der Waals surface area contributed by atoms with E-state index in [0.29, 0.717) is 0 Å². The van der Waals surface area contributed by atoms with Crippen molar-refractivity contribution in [1.29, 1.82) is 0 Å². The van der Waals surface area contributed by atoms with Crippen LogP contribution in [-0.4, -0.2) is 18.4 Å². The van der Waals surface area contributed by atoms with Crippen LogP contribution in [0.3, 0.4) is 0 Å². The van der Waals surface area contributed by atoms with E-state index in [1.807, 2.05) is 0 Å². The summed E-state index contributed by atoms with van der Waals surface area (Å²) in [6, 6.07) is 0. The molecular weight excluding hydrogens is 126 g/mol. The standard InChI is InChI=1S/C8H19NO/c1-3-4-8(2)5-6-9-7-10/h8-10H,3-7H2,1-2H3/t8-/m1/s1. The van der Waals surface area contributed by atoms with Crippen molar-refractivity contribution in [3.05, 3.63) is 0 Å². The molecule has 0 aromatic carbocycles. The Balaban J connectivity index is 2.97. The Kier molecular flexibility index (Phi) is 6.98. The highest BCUT2D eigenvalue weighted by Crippen LogP contribution is 2.07. The number of aliphatic hydroxyl groups excluding tert-OH is 1. The van der Waals surface area contributed by atoms with E-state index < -0.39 is 0 Å². The van der Waals surface area contributed by atoms with Crippen molar-refractivity contribution in [3.8, 4) is 0 Å². The van der Waals surface area contributed by atoms with Gasteiger partial charge in [0.05, 0.1) is 6.73 Å². The maximum absolute atomic E-state index is 8.40. The molecule has 0 aliphatic carbocycles. The van der Waals surface area contributed by atoms with Gasteiger partial charge in [0.25, 0.3) is 0 Å². The summed E-state index contributed by atoms with van der Waals surface area (Å²) in [5.41, 5.74) is 0. The summed E-state index contributed by atoms with van der Waals surface area (Å²) < 4.78 is 0. The smallest absolute Gasteiger partial charge is 0.0931 e. The van der Waals surface area contributed by atoms with Crippen molar-refractivity contribution in [2.24, 2.45) is 5.92 Å². The Hall–Kier alpha value is -0.0800. The molecule has 0 heterocycles. The molecule has 0 aliphatic heterocycles. The summed E-state index contributed by atoms with van der Waals surface area (Å²) in [6.07, 6.45) is 3.74. The van der Waals surface area contributed by atoms with Gasteiger partial charge in [-0.1, -0.05) is 26.7 Å². The Morgan fingerprint density at radius 1 is 1.40 bits per heavy atom. The van der Waals surface area contributed by atoms with Gasteiger partial charge in [-0.25, -0.2) is 0 Å². The van der Waals surface area contributed by atoms with Crippen molar-refractivity contribution in [1.82, 2.24) is 5.32 Å². The average molecular weight is 145 g/mol. The van der Waals surface area contributed by atoms with Crippen molar-refractivity contribution in [3.63, 3.8) is 0 Å². The second kappa shape index (κ2) is 7.03. The number of hydrogen-bond donors (Lipinski definition) is 2. The van der Waals surface area contributed by atoms with Gasteiger partial charge < -0.3 is 5.11 Å². The molecule has 2 heteroatoms. The van der Waals surface area contributed by atoms with Gasteiger partial charge in [-0.2, -0.15) is 0 Å². The van der Waals surface area contributed by atoms with E-state index in [2.05, 4.69) is 19.2 Å². The van der Waals surface area contributed by atoms with Gasteiger partial charge in [0.1, 0.15) is 0 Å². The number of rotatable bonds is 6. The molecule has 0 unspecified atom stereocenters. The molecule has 1 atom stereocenters. The molecule has 2 N–H and O–H groups in total. The third kappa shape index (κ3) is 6.05. The lowest BCUT2D eigenvalue weighted by Gasteiger charge is -2.08. The van der Waals surface area contributed by atoms with Crippen LogP contribution >= 0.6 is 0 Å². The lowest BCUT2D eigenvalue weighted by Crippen LogP contribution is -2.17. The first-order valence-corrected chi connectivity index (χ1v) is 4.12. The number of aliphatic hydroxyl groups is 1. The van der Waals surface area contributed by atoms with Crippen molar-refractivity contribution in [2.75, 3.05) is 13.3 Å². The molecule has 10 heavy (non-hydrogen) atoms. The Morgan fingerprint density at radius 2 is 2.10 bits per heavy atom. The highest BCUT2D eigenvalue weighted by atomic mass is 16.3. The minimum absolute atomic E-state index is 0.110. The fourth-order valence-electron chi connectivity index (χ4n) is 1.06. The maximum Gasteiger partial charge on any atom is 0.0931 e. The van der Waals surface area contributed by atoms with E-state index in [-0.39, 0.29) is 6.73 Å². The van der Waals surface area contributed by atoms with Crippen molar-refractivity contribution in [2.45, 2.75) is 33.1 Å². The van der Waals surface area contributed by atoms with Crippen LogP contribution in [0.25, 0.3) is 0 Å². The van der Waals surface area contributed by atoms with E-state index in [1.54, 1.807) is 0 Å². The van der Waals surface area contributed by atoms with Gasteiger partial charge in [0.2, 0.25) is 0 Å². The van der Waals surface area contributed by atoms with Crippen LogP contribution in [0.4, 0.5) is 0 Å². The molecule has 0 radical (unpaired) electrons. The third-order valence-electron chi connectivity index (χ3n) is 1.71. The molecule has 0 saturated heterocycles. The fraction of sp³-hybridized carbons (Fsp3) is 1.00. The van der Waals surface area contributed by atoms with Crippen molar-refractivity contribution >= 4 is 0 Å². The maximum atomic E-state index is 8.40. The van der Waals surface area contributed by atoms with Crippen LogP contribution < -0.4 is 5.32 Å². The minimum Gasteiger partial charge on any atom is -0.381 e. The molecule has 0 saturated carbocycles. The zero-order chi connectivity index (χ0) is 7.82. The summed E-state index contributed by atoms with van der Waals surface area (Å²) in [6.45, 7) is 5.51. The van der Waals surface area contributed by atoms with E-state index in [0.717, 1.165) is 12.5 Å². The van der Waals surface area contributed by atoms with E-state index in [9.17, 15) is 0 Å². The van der Waals surface area contributed by atoms with Gasteiger partial charge in [0.15, 0.2) is 0 Å². The molecule has 0 aromatic rings. The summed E-state index contributed by atoms with van der Waals surface area (Å²) >= 11 is 0. The molecule has 62 valence electrons. The molecule has 0 amide bonds. The van der Waals surface area contributed by atoms with Crippen LogP contribution in [0.1, 0.15) is 33.1 Å². The molecule has 0 fully saturated rings. The van der Waals surface area contributed by atoms with Crippen molar-refractivity contribution < 1.29 is 5.11 Å². The summed E-state index contributed by atoms with van der Waals surface area (Å²) in [5, 5.41) is 11.3. The average Bonchev–Trinajstić information content (AvgIpc) is 1.89. The van der Waals surface area contributed by atoms with Crippen LogP contribution in [0.5, 0.6) is 0 Å². The monoisotopic (exact) mass is 145 g/mol. The summed E-state index contributed by atoms with van der Waals surface area (Å²) in [4.78, 5) is 0. The van der Waals surface area contributed by atoms with Crippen LogP contribution in [-0.2, 0) is 0 Å². The first kappa shape index (κ1) is 9.92. The third-order valence-corrected chi connectivity index (χ3v) is 1.71. The zero-order valence-electron chi connectivity index (χ0n) is 7.06. The molecule has 0 aliphatic rings. The largest absolute Gasteiger partial charge is 0.381 e. The predicted molar refractivity (Wildman–Crippen MR) is 43.8 cm³/mol. The number of hydrogen-bond acceptors (Lipinski definition) is 2. The van der Waals surface area contributed by atoms with Crippen LogP contribution in [0.2, 0.25) is 0 Å². The second-order valence-electron chi connectivity index (χ2n) is 2.84. The Labute approximate surface area is 63.6 Å². The van der Waals surface area contributed by atoms with Gasteiger partial charge in [-0.05, 0) is 18.9 Å². The lowest BCUT2D eigenvalue weighted by molar-refractivity contribution is 0.256. The molecule has 2 nitrogen and oxygen atoms in total. The Bertz CT molecular complexity index is 66.3. The fourth-order valence-corrected chi connectivity index (χ4v) is 1.06. The normalized spacial score (nSPS) is 13.5. The minimum atomic E-state index is 0.110. The van der Waals surface area contributed by atoms with Gasteiger partial charge >= 0.3 is 0 Å². The first-order valence-electron chi connectivity index (χ1n) is 4.12. The summed E-state index contributed by atoms with van der Waals surface area (Å²) in [5.74, 6) is 0.795. The zero-order valence-corrected chi connectivity index (χ0v) is 7.06. The molecule has 0 rings (SSSR count). The highest BCUT2D eigenvalue weighted by molar-refractivity contribution is 4.53. The second-order valence-corrected chi connectivity index (χ2v) is 2.84.